The summed E-state index contributed by atoms with van der Waals surface area (Å²) in [6, 6.07) is 19.5. The fourth-order valence-corrected chi connectivity index (χ4v) is 4.62. The number of rotatable bonds is 4. The summed E-state index contributed by atoms with van der Waals surface area (Å²) in [6.45, 7) is 4.24. The van der Waals surface area contributed by atoms with Gasteiger partial charge in [0.2, 0.25) is 5.76 Å². The fraction of sp³-hybridized carbons (Fsp3) is 0.185. The van der Waals surface area contributed by atoms with Crippen LogP contribution < -0.4 is 15.1 Å². The molecule has 4 aromatic rings. The molecule has 3 aromatic carbocycles. The maximum atomic E-state index is 13.6. The Bertz CT molecular complexity index is 1440. The summed E-state index contributed by atoms with van der Waals surface area (Å²) in [6.07, 6.45) is 0. The van der Waals surface area contributed by atoms with Crippen LogP contribution in [0.2, 0.25) is 5.02 Å². The number of hydrogen-bond acceptors (Lipinski definition) is 4. The molecule has 6 heteroatoms. The molecule has 5 nitrogen and oxygen atoms in total. The summed E-state index contributed by atoms with van der Waals surface area (Å²) in [7, 11) is 1.53. The summed E-state index contributed by atoms with van der Waals surface area (Å²) in [5.41, 5.74) is 3.06. The van der Waals surface area contributed by atoms with E-state index < -0.39 is 6.04 Å². The van der Waals surface area contributed by atoms with Gasteiger partial charge in [-0.3, -0.25) is 14.5 Å². The summed E-state index contributed by atoms with van der Waals surface area (Å²) in [5, 5.41) is 0.819. The number of carbonyl (C=O) groups is 1. The third-order valence-electron chi connectivity index (χ3n) is 6.11. The molecule has 1 unspecified atom stereocenters. The van der Waals surface area contributed by atoms with Gasteiger partial charge < -0.3 is 9.15 Å². The Morgan fingerprint density at radius 2 is 1.73 bits per heavy atom. The van der Waals surface area contributed by atoms with Crippen molar-refractivity contribution in [2.45, 2.75) is 25.8 Å². The molecular weight excluding hydrogens is 438 g/mol. The molecule has 5 rings (SSSR count). The van der Waals surface area contributed by atoms with Gasteiger partial charge in [-0.1, -0.05) is 61.8 Å². The van der Waals surface area contributed by atoms with Crippen molar-refractivity contribution in [3.63, 3.8) is 0 Å². The minimum absolute atomic E-state index is 0.0589. The molecule has 1 atom stereocenters. The van der Waals surface area contributed by atoms with Crippen LogP contribution in [-0.4, -0.2) is 13.0 Å². The zero-order chi connectivity index (χ0) is 23.3. The SMILES string of the molecule is COc1ccc(N2C(=O)c3oc4ccccc4c(=O)c3C2c2ccc(C(C)C)cc2)cc1Cl. The molecule has 0 saturated heterocycles. The standard InChI is InChI=1S/C27H22ClNO4/c1-15(2)16-8-10-17(11-9-16)24-23-25(30)19-6-4-5-7-21(19)33-26(23)27(31)29(24)18-12-13-22(32-3)20(28)14-18/h4-15,24H,1-3H3. The Morgan fingerprint density at radius 3 is 2.39 bits per heavy atom. The first kappa shape index (κ1) is 21.3. The molecule has 1 amide bonds. The summed E-state index contributed by atoms with van der Waals surface area (Å²) < 4.78 is 11.3. The Morgan fingerprint density at radius 1 is 1.00 bits per heavy atom. The van der Waals surface area contributed by atoms with E-state index in [2.05, 4.69) is 13.8 Å². The van der Waals surface area contributed by atoms with Crippen LogP contribution in [0, 0.1) is 0 Å². The predicted octanol–water partition coefficient (Wildman–Crippen LogP) is 6.33. The second-order valence-corrected chi connectivity index (χ2v) is 8.80. The molecular formula is C27H22ClNO4. The Labute approximate surface area is 196 Å². The maximum Gasteiger partial charge on any atom is 0.295 e. The van der Waals surface area contributed by atoms with E-state index in [-0.39, 0.29) is 17.1 Å². The van der Waals surface area contributed by atoms with Gasteiger partial charge in [0.25, 0.3) is 5.91 Å². The Hall–Kier alpha value is -3.57. The highest BCUT2D eigenvalue weighted by Crippen LogP contribution is 2.43. The van der Waals surface area contributed by atoms with Crippen LogP contribution in [0.5, 0.6) is 5.75 Å². The van der Waals surface area contributed by atoms with Crippen molar-refractivity contribution < 1.29 is 13.9 Å². The zero-order valence-electron chi connectivity index (χ0n) is 18.5. The second kappa shape index (κ2) is 8.09. The number of fused-ring (bicyclic) bond motifs is 2. The molecule has 0 N–H and O–H groups in total. The van der Waals surface area contributed by atoms with Crippen LogP contribution in [0.4, 0.5) is 5.69 Å². The molecule has 1 aromatic heterocycles. The molecule has 0 fully saturated rings. The van der Waals surface area contributed by atoms with Crippen LogP contribution in [0.25, 0.3) is 11.0 Å². The molecule has 0 saturated carbocycles. The first-order chi connectivity index (χ1) is 15.9. The van der Waals surface area contributed by atoms with E-state index in [4.69, 9.17) is 20.8 Å². The number of hydrogen-bond donors (Lipinski definition) is 0. The van der Waals surface area contributed by atoms with E-state index in [1.165, 1.54) is 12.7 Å². The van der Waals surface area contributed by atoms with Crippen molar-refractivity contribution in [2.75, 3.05) is 12.0 Å². The third kappa shape index (κ3) is 3.40. The van der Waals surface area contributed by atoms with Crippen LogP contribution in [-0.2, 0) is 0 Å². The molecule has 166 valence electrons. The molecule has 0 bridgehead atoms. The van der Waals surface area contributed by atoms with Gasteiger partial charge in [0.05, 0.1) is 29.1 Å². The van der Waals surface area contributed by atoms with Crippen LogP contribution in [0.15, 0.2) is 75.9 Å². The first-order valence-electron chi connectivity index (χ1n) is 10.7. The molecule has 33 heavy (non-hydrogen) atoms. The number of carbonyl (C=O) groups excluding carboxylic acids is 1. The van der Waals surface area contributed by atoms with E-state index in [0.29, 0.717) is 38.9 Å². The summed E-state index contributed by atoms with van der Waals surface area (Å²) in [5.74, 6) is 0.542. The van der Waals surface area contributed by atoms with Crippen molar-refractivity contribution in [1.82, 2.24) is 0 Å². The lowest BCUT2D eigenvalue weighted by Crippen LogP contribution is -2.29. The van der Waals surface area contributed by atoms with Gasteiger partial charge in [-0.25, -0.2) is 0 Å². The Balaban J connectivity index is 1.76. The van der Waals surface area contributed by atoms with E-state index >= 15 is 0 Å². The van der Waals surface area contributed by atoms with Crippen LogP contribution >= 0.6 is 11.6 Å². The minimum atomic E-state index is -0.640. The van der Waals surface area contributed by atoms with Crippen molar-refractivity contribution >= 4 is 34.2 Å². The van der Waals surface area contributed by atoms with Gasteiger partial charge in [0.1, 0.15) is 11.3 Å². The lowest BCUT2D eigenvalue weighted by molar-refractivity contribution is 0.0971. The highest BCUT2D eigenvalue weighted by Gasteiger charge is 2.43. The van der Waals surface area contributed by atoms with Gasteiger partial charge in [0, 0.05) is 5.69 Å². The fourth-order valence-electron chi connectivity index (χ4n) is 4.37. The smallest absolute Gasteiger partial charge is 0.295 e. The molecule has 1 aliphatic heterocycles. The first-order valence-corrected chi connectivity index (χ1v) is 11.1. The summed E-state index contributed by atoms with van der Waals surface area (Å²) >= 11 is 6.38. The highest BCUT2D eigenvalue weighted by molar-refractivity contribution is 6.32. The molecule has 0 aliphatic carbocycles. The molecule has 0 spiro atoms. The minimum Gasteiger partial charge on any atom is -0.495 e. The Kier molecular flexibility index (Phi) is 5.22. The van der Waals surface area contributed by atoms with Gasteiger partial charge in [-0.2, -0.15) is 0 Å². The number of methoxy groups -OCH3 is 1. The predicted molar refractivity (Wildman–Crippen MR) is 130 cm³/mol. The maximum absolute atomic E-state index is 13.6. The highest BCUT2D eigenvalue weighted by atomic mass is 35.5. The molecule has 2 heterocycles. The quantitative estimate of drug-likeness (QED) is 0.358. The van der Waals surface area contributed by atoms with Crippen LogP contribution in [0.1, 0.15) is 53.1 Å². The lowest BCUT2D eigenvalue weighted by Gasteiger charge is -2.26. The van der Waals surface area contributed by atoms with E-state index in [1.54, 1.807) is 47.4 Å². The average Bonchev–Trinajstić information content (AvgIpc) is 3.11. The summed E-state index contributed by atoms with van der Waals surface area (Å²) in [4.78, 5) is 28.8. The largest absolute Gasteiger partial charge is 0.495 e. The number of halogens is 1. The lowest BCUT2D eigenvalue weighted by atomic mass is 9.95. The number of para-hydroxylation sites is 1. The van der Waals surface area contributed by atoms with Crippen molar-refractivity contribution in [3.8, 4) is 5.75 Å². The van der Waals surface area contributed by atoms with Gasteiger partial charge >= 0.3 is 0 Å². The number of ether oxygens (including phenoxy) is 1. The van der Waals surface area contributed by atoms with Crippen molar-refractivity contribution in [2.24, 2.45) is 0 Å². The zero-order valence-corrected chi connectivity index (χ0v) is 19.2. The topological polar surface area (TPSA) is 59.8 Å². The molecule has 1 aliphatic rings. The number of nitrogens with zero attached hydrogens (tertiary/aromatic N) is 1. The third-order valence-corrected chi connectivity index (χ3v) is 6.41. The normalized spacial score (nSPS) is 15.4. The van der Waals surface area contributed by atoms with Gasteiger partial charge in [-0.15, -0.1) is 0 Å². The van der Waals surface area contributed by atoms with E-state index in [9.17, 15) is 9.59 Å². The van der Waals surface area contributed by atoms with Crippen molar-refractivity contribution in [1.29, 1.82) is 0 Å². The molecule has 0 radical (unpaired) electrons. The second-order valence-electron chi connectivity index (χ2n) is 8.39. The van der Waals surface area contributed by atoms with E-state index in [1.807, 2.05) is 24.3 Å². The average molecular weight is 460 g/mol. The number of amides is 1. The van der Waals surface area contributed by atoms with Crippen LogP contribution in [0.3, 0.4) is 0 Å². The monoisotopic (exact) mass is 459 g/mol. The van der Waals surface area contributed by atoms with Gasteiger partial charge in [-0.05, 0) is 47.4 Å². The van der Waals surface area contributed by atoms with E-state index in [0.717, 1.165) is 5.56 Å². The van der Waals surface area contributed by atoms with Gasteiger partial charge in [0.15, 0.2) is 5.43 Å². The number of benzene rings is 3. The van der Waals surface area contributed by atoms with Crippen molar-refractivity contribution in [3.05, 3.63) is 104 Å². The number of anilines is 1.